The van der Waals surface area contributed by atoms with Crippen molar-refractivity contribution in [3.8, 4) is 0 Å². The van der Waals surface area contributed by atoms with Crippen molar-refractivity contribution in [1.29, 1.82) is 0 Å². The highest BCUT2D eigenvalue weighted by molar-refractivity contribution is 7.13. The summed E-state index contributed by atoms with van der Waals surface area (Å²) in [5.74, 6) is 0.176. The summed E-state index contributed by atoms with van der Waals surface area (Å²) in [6, 6.07) is -0.0428. The first kappa shape index (κ1) is 8.12. The van der Waals surface area contributed by atoms with Gasteiger partial charge in [0.25, 0.3) is 0 Å². The second-order valence-corrected chi connectivity index (χ2v) is 3.10. The monoisotopic (exact) mass is 161 g/mol. The van der Waals surface area contributed by atoms with Gasteiger partial charge in [-0.3, -0.25) is 9.46 Å². The molecule has 0 aromatic carbocycles. The lowest BCUT2D eigenvalue weighted by Crippen LogP contribution is -2.43. The SMILES string of the molecule is CC(=O)C1COCCN1P. The summed E-state index contributed by atoms with van der Waals surface area (Å²) >= 11 is 0. The Kier molecular flexibility index (Phi) is 2.78. The van der Waals surface area contributed by atoms with Gasteiger partial charge < -0.3 is 4.74 Å². The average Bonchev–Trinajstić information content (AvgIpc) is 1.88. The van der Waals surface area contributed by atoms with E-state index in [-0.39, 0.29) is 11.8 Å². The number of ether oxygens (including phenoxy) is 1. The first-order valence-electron chi connectivity index (χ1n) is 3.31. The van der Waals surface area contributed by atoms with Gasteiger partial charge >= 0.3 is 0 Å². The molecule has 1 aliphatic heterocycles. The number of hydrogen-bond donors (Lipinski definition) is 0. The normalized spacial score (nSPS) is 28.4. The molecule has 1 fully saturated rings. The zero-order valence-electron chi connectivity index (χ0n) is 6.04. The fourth-order valence-electron chi connectivity index (χ4n) is 0.967. The Morgan fingerprint density at radius 2 is 2.50 bits per heavy atom. The molecule has 0 bridgehead atoms. The van der Waals surface area contributed by atoms with E-state index in [2.05, 4.69) is 9.39 Å². The predicted molar refractivity (Wildman–Crippen MR) is 41.7 cm³/mol. The highest BCUT2D eigenvalue weighted by Crippen LogP contribution is 2.11. The highest BCUT2D eigenvalue weighted by Gasteiger charge is 2.22. The fraction of sp³-hybridized carbons (Fsp3) is 0.833. The van der Waals surface area contributed by atoms with Gasteiger partial charge in [0.1, 0.15) is 5.78 Å². The summed E-state index contributed by atoms with van der Waals surface area (Å²) in [6.45, 7) is 3.69. The maximum atomic E-state index is 10.9. The molecule has 10 heavy (non-hydrogen) atoms. The van der Waals surface area contributed by atoms with Gasteiger partial charge in [0, 0.05) is 6.54 Å². The van der Waals surface area contributed by atoms with Crippen LogP contribution in [0.2, 0.25) is 0 Å². The lowest BCUT2D eigenvalue weighted by Gasteiger charge is -2.29. The minimum atomic E-state index is -0.0428. The zero-order chi connectivity index (χ0) is 7.56. The second kappa shape index (κ2) is 3.42. The van der Waals surface area contributed by atoms with Gasteiger partial charge in [0.05, 0.1) is 19.3 Å². The van der Waals surface area contributed by atoms with Gasteiger partial charge in [-0.25, -0.2) is 0 Å². The molecular formula is C6H12NO2P. The molecule has 0 aromatic rings. The van der Waals surface area contributed by atoms with Crippen molar-refractivity contribution < 1.29 is 9.53 Å². The van der Waals surface area contributed by atoms with Crippen LogP contribution in [0.15, 0.2) is 0 Å². The maximum Gasteiger partial charge on any atom is 0.149 e. The number of carbonyl (C=O) groups excluding carboxylic acids is 1. The van der Waals surface area contributed by atoms with Gasteiger partial charge in [0.2, 0.25) is 0 Å². The fourth-order valence-corrected chi connectivity index (χ4v) is 1.37. The van der Waals surface area contributed by atoms with Gasteiger partial charge in [-0.1, -0.05) is 9.39 Å². The van der Waals surface area contributed by atoms with Crippen LogP contribution in [0.4, 0.5) is 0 Å². The average molecular weight is 161 g/mol. The highest BCUT2D eigenvalue weighted by atomic mass is 31.0. The number of Topliss-reactive ketones (excluding diaryl/α,β-unsaturated/α-hetero) is 1. The van der Waals surface area contributed by atoms with E-state index in [0.29, 0.717) is 6.61 Å². The van der Waals surface area contributed by atoms with Crippen LogP contribution >= 0.6 is 9.39 Å². The Hall–Kier alpha value is 0.0200. The molecule has 3 nitrogen and oxygen atoms in total. The van der Waals surface area contributed by atoms with Crippen LogP contribution in [0.5, 0.6) is 0 Å². The van der Waals surface area contributed by atoms with Gasteiger partial charge in [-0.15, -0.1) is 0 Å². The number of nitrogens with zero attached hydrogens (tertiary/aromatic N) is 1. The molecule has 0 amide bonds. The molecule has 2 atom stereocenters. The minimum Gasteiger partial charge on any atom is -0.378 e. The van der Waals surface area contributed by atoms with Gasteiger partial charge in [-0.05, 0) is 6.92 Å². The molecule has 2 unspecified atom stereocenters. The third kappa shape index (κ3) is 1.75. The quantitative estimate of drug-likeness (QED) is 0.509. The lowest BCUT2D eigenvalue weighted by molar-refractivity contribution is -0.124. The number of ketones is 1. The number of morpholine rings is 1. The largest absolute Gasteiger partial charge is 0.378 e. The molecule has 1 saturated heterocycles. The first-order valence-corrected chi connectivity index (χ1v) is 3.83. The predicted octanol–water partition coefficient (Wildman–Crippen LogP) is 0.0663. The molecule has 0 N–H and O–H groups in total. The maximum absolute atomic E-state index is 10.9. The molecule has 1 heterocycles. The molecule has 0 aliphatic carbocycles. The second-order valence-electron chi connectivity index (χ2n) is 2.44. The van der Waals surface area contributed by atoms with E-state index in [1.807, 2.05) is 4.67 Å². The van der Waals surface area contributed by atoms with Crippen molar-refractivity contribution >= 4 is 15.2 Å². The molecule has 4 heteroatoms. The summed E-state index contributed by atoms with van der Waals surface area (Å²) in [5.41, 5.74) is 0. The molecule has 1 aliphatic rings. The summed E-state index contributed by atoms with van der Waals surface area (Å²) < 4.78 is 7.09. The van der Waals surface area contributed by atoms with Crippen molar-refractivity contribution in [2.75, 3.05) is 19.8 Å². The third-order valence-electron chi connectivity index (χ3n) is 1.64. The van der Waals surface area contributed by atoms with E-state index < -0.39 is 0 Å². The van der Waals surface area contributed by atoms with Crippen molar-refractivity contribution in [3.63, 3.8) is 0 Å². The first-order chi connectivity index (χ1) is 4.72. The smallest absolute Gasteiger partial charge is 0.149 e. The van der Waals surface area contributed by atoms with Crippen LogP contribution in [0, 0.1) is 0 Å². The summed E-state index contributed by atoms with van der Waals surface area (Å²) in [6.07, 6.45) is 0. The van der Waals surface area contributed by atoms with E-state index in [4.69, 9.17) is 4.74 Å². The van der Waals surface area contributed by atoms with E-state index in [1.54, 1.807) is 6.92 Å². The third-order valence-corrected chi connectivity index (χ3v) is 2.26. The van der Waals surface area contributed by atoms with Crippen molar-refractivity contribution in [1.82, 2.24) is 4.67 Å². The molecule has 1 rings (SSSR count). The van der Waals surface area contributed by atoms with Crippen LogP contribution in [0.1, 0.15) is 6.92 Å². The summed E-state index contributed by atoms with van der Waals surface area (Å²) in [5, 5.41) is 0. The molecule has 0 aromatic heterocycles. The van der Waals surface area contributed by atoms with E-state index >= 15 is 0 Å². The zero-order valence-corrected chi connectivity index (χ0v) is 7.19. The van der Waals surface area contributed by atoms with Crippen LogP contribution < -0.4 is 0 Å². The van der Waals surface area contributed by atoms with E-state index in [0.717, 1.165) is 13.2 Å². The summed E-state index contributed by atoms with van der Waals surface area (Å²) in [7, 11) is 2.55. The number of rotatable bonds is 1. The Morgan fingerprint density at radius 3 is 2.90 bits per heavy atom. The Labute approximate surface area is 63.0 Å². The standard InChI is InChI=1S/C6H12NO2P/c1-5(8)6-4-9-3-2-7(6)10/h6H,2-4,10H2,1H3. The Morgan fingerprint density at radius 1 is 1.80 bits per heavy atom. The number of carbonyl (C=O) groups is 1. The van der Waals surface area contributed by atoms with Crippen LogP contribution in [-0.2, 0) is 9.53 Å². The Balaban J connectivity index is 2.47. The molecule has 0 saturated carbocycles. The molecular weight excluding hydrogens is 149 g/mol. The lowest BCUT2D eigenvalue weighted by atomic mass is 10.2. The molecule has 0 radical (unpaired) electrons. The van der Waals surface area contributed by atoms with Crippen LogP contribution in [-0.4, -0.2) is 36.3 Å². The Bertz CT molecular complexity index is 140. The van der Waals surface area contributed by atoms with Crippen molar-refractivity contribution in [2.45, 2.75) is 13.0 Å². The van der Waals surface area contributed by atoms with E-state index in [1.165, 1.54) is 0 Å². The minimum absolute atomic E-state index is 0.0428. The van der Waals surface area contributed by atoms with Gasteiger partial charge in [0.15, 0.2) is 0 Å². The van der Waals surface area contributed by atoms with Crippen LogP contribution in [0.3, 0.4) is 0 Å². The van der Waals surface area contributed by atoms with E-state index in [9.17, 15) is 4.79 Å². The molecule has 0 spiro atoms. The van der Waals surface area contributed by atoms with Crippen molar-refractivity contribution in [3.05, 3.63) is 0 Å². The summed E-state index contributed by atoms with van der Waals surface area (Å²) in [4.78, 5) is 10.9. The molecule has 58 valence electrons. The van der Waals surface area contributed by atoms with Crippen molar-refractivity contribution in [2.24, 2.45) is 0 Å². The van der Waals surface area contributed by atoms with Crippen LogP contribution in [0.25, 0.3) is 0 Å². The van der Waals surface area contributed by atoms with Gasteiger partial charge in [-0.2, -0.15) is 0 Å². The number of hydrogen-bond acceptors (Lipinski definition) is 3. The topological polar surface area (TPSA) is 29.5 Å².